The maximum absolute atomic E-state index is 5.89. The van der Waals surface area contributed by atoms with Crippen molar-refractivity contribution in [3.63, 3.8) is 0 Å². The molecule has 0 aliphatic heterocycles. The second-order valence-corrected chi connectivity index (χ2v) is 5.28. The summed E-state index contributed by atoms with van der Waals surface area (Å²) < 4.78 is 15.5. The van der Waals surface area contributed by atoms with Gasteiger partial charge in [-0.15, -0.1) is 0 Å². The normalized spacial score (nSPS) is 11.1. The summed E-state index contributed by atoms with van der Waals surface area (Å²) in [4.78, 5) is 8.43. The van der Waals surface area contributed by atoms with Crippen LogP contribution in [-0.4, -0.2) is 38.8 Å². The van der Waals surface area contributed by atoms with Crippen LogP contribution in [0, 0.1) is 0 Å². The highest BCUT2D eigenvalue weighted by molar-refractivity contribution is 5.77. The van der Waals surface area contributed by atoms with Gasteiger partial charge in [0.05, 0.1) is 27.9 Å². The van der Waals surface area contributed by atoms with Crippen LogP contribution in [0.5, 0.6) is 17.4 Å². The number of aromatic nitrogens is 1. The molecule has 0 saturated heterocycles. The molecule has 0 radical (unpaired) electrons. The summed E-state index contributed by atoms with van der Waals surface area (Å²) in [6.45, 7) is 1.14. The van der Waals surface area contributed by atoms with Crippen molar-refractivity contribution in [3.8, 4) is 17.4 Å². The van der Waals surface area contributed by atoms with Gasteiger partial charge in [0.15, 0.2) is 17.5 Å². The Morgan fingerprint density at radius 3 is 2.44 bits per heavy atom. The molecule has 0 aliphatic carbocycles. The number of methoxy groups -OCH3 is 3. The molecule has 0 aliphatic rings. The predicted molar refractivity (Wildman–Crippen MR) is 97.4 cm³/mol. The third-order valence-electron chi connectivity index (χ3n) is 3.61. The van der Waals surface area contributed by atoms with Gasteiger partial charge in [-0.1, -0.05) is 12.1 Å². The van der Waals surface area contributed by atoms with Gasteiger partial charge in [-0.3, -0.25) is 0 Å². The van der Waals surface area contributed by atoms with E-state index < -0.39 is 0 Å². The number of pyridine rings is 1. The van der Waals surface area contributed by atoms with Crippen LogP contribution in [0.4, 0.5) is 0 Å². The first-order valence-corrected chi connectivity index (χ1v) is 7.90. The van der Waals surface area contributed by atoms with Gasteiger partial charge in [0.25, 0.3) is 0 Å². The molecule has 1 heterocycles. The average Bonchev–Trinajstić information content (AvgIpc) is 2.66. The molecule has 134 valence electrons. The molecule has 7 heteroatoms. The van der Waals surface area contributed by atoms with Gasteiger partial charge in [-0.05, 0) is 29.7 Å². The summed E-state index contributed by atoms with van der Waals surface area (Å²) in [5.74, 6) is 2.41. The van der Waals surface area contributed by atoms with Gasteiger partial charge < -0.3 is 25.3 Å². The van der Waals surface area contributed by atoms with E-state index in [9.17, 15) is 0 Å². The Morgan fingerprint density at radius 1 is 1.04 bits per heavy atom. The molecule has 0 bridgehead atoms. The highest BCUT2D eigenvalue weighted by Crippen LogP contribution is 2.27. The summed E-state index contributed by atoms with van der Waals surface area (Å²) in [7, 11) is 4.83. The van der Waals surface area contributed by atoms with Crippen LogP contribution in [0.3, 0.4) is 0 Å². The van der Waals surface area contributed by atoms with Gasteiger partial charge in [0.1, 0.15) is 0 Å². The largest absolute Gasteiger partial charge is 0.493 e. The van der Waals surface area contributed by atoms with Gasteiger partial charge in [0.2, 0.25) is 5.88 Å². The monoisotopic (exact) mass is 344 g/mol. The van der Waals surface area contributed by atoms with E-state index in [1.807, 2.05) is 24.3 Å². The zero-order chi connectivity index (χ0) is 18.1. The minimum absolute atomic E-state index is 0.399. The number of hydrogen-bond donors (Lipinski definition) is 2. The molecule has 25 heavy (non-hydrogen) atoms. The van der Waals surface area contributed by atoms with Crippen molar-refractivity contribution in [1.29, 1.82) is 0 Å². The van der Waals surface area contributed by atoms with E-state index >= 15 is 0 Å². The Morgan fingerprint density at radius 2 is 1.80 bits per heavy atom. The number of benzene rings is 1. The summed E-state index contributed by atoms with van der Waals surface area (Å²) in [5.41, 5.74) is 7.98. The fraction of sp³-hybridized carbons (Fsp3) is 0.333. The lowest BCUT2D eigenvalue weighted by molar-refractivity contribution is 0.354. The van der Waals surface area contributed by atoms with Gasteiger partial charge in [-0.2, -0.15) is 0 Å². The van der Waals surface area contributed by atoms with Crippen LogP contribution >= 0.6 is 0 Å². The first-order valence-electron chi connectivity index (χ1n) is 7.90. The van der Waals surface area contributed by atoms with Crippen LogP contribution in [0.2, 0.25) is 0 Å². The molecular weight excluding hydrogens is 320 g/mol. The minimum Gasteiger partial charge on any atom is -0.493 e. The zero-order valence-corrected chi connectivity index (χ0v) is 14.8. The summed E-state index contributed by atoms with van der Waals surface area (Å²) >= 11 is 0. The van der Waals surface area contributed by atoms with Gasteiger partial charge in [0, 0.05) is 18.8 Å². The Hall–Kier alpha value is -2.96. The van der Waals surface area contributed by atoms with Crippen LogP contribution in [-0.2, 0) is 13.0 Å². The number of guanidine groups is 1. The molecule has 0 atom stereocenters. The van der Waals surface area contributed by atoms with Crippen LogP contribution in [0.25, 0.3) is 0 Å². The van der Waals surface area contributed by atoms with E-state index in [0.717, 1.165) is 17.5 Å². The maximum Gasteiger partial charge on any atom is 0.212 e. The summed E-state index contributed by atoms with van der Waals surface area (Å²) in [5, 5.41) is 3.10. The summed E-state index contributed by atoms with van der Waals surface area (Å²) in [6.07, 6.45) is 2.51. The second kappa shape index (κ2) is 9.36. The van der Waals surface area contributed by atoms with Crippen LogP contribution in [0.1, 0.15) is 11.1 Å². The molecular formula is C18H24N4O3. The number of hydrogen-bond acceptors (Lipinski definition) is 5. The molecule has 1 aromatic heterocycles. The zero-order valence-electron chi connectivity index (χ0n) is 14.8. The lowest BCUT2D eigenvalue weighted by atomic mass is 10.1. The van der Waals surface area contributed by atoms with Crippen molar-refractivity contribution in [3.05, 3.63) is 47.7 Å². The molecule has 7 nitrogen and oxygen atoms in total. The lowest BCUT2D eigenvalue weighted by Gasteiger charge is -2.10. The highest BCUT2D eigenvalue weighted by Gasteiger charge is 2.04. The van der Waals surface area contributed by atoms with Crippen molar-refractivity contribution in [2.75, 3.05) is 27.9 Å². The van der Waals surface area contributed by atoms with E-state index in [1.165, 1.54) is 0 Å². The number of nitrogens with two attached hydrogens (primary N) is 1. The topological polar surface area (TPSA) is 91.0 Å². The number of rotatable bonds is 8. The quantitative estimate of drug-likeness (QED) is 0.560. The fourth-order valence-corrected chi connectivity index (χ4v) is 2.23. The highest BCUT2D eigenvalue weighted by atomic mass is 16.5. The number of nitrogens with zero attached hydrogens (tertiary/aromatic N) is 2. The molecule has 0 unspecified atom stereocenters. The second-order valence-electron chi connectivity index (χ2n) is 5.28. The first-order chi connectivity index (χ1) is 12.2. The Balaban J connectivity index is 1.82. The minimum atomic E-state index is 0.399. The maximum atomic E-state index is 5.89. The molecule has 0 amide bonds. The standard InChI is InChI=1S/C18H24N4O3/c1-23-15-6-4-13(10-16(15)24-2)8-9-20-18(19)22-12-14-5-7-17(25-3)21-11-14/h4-7,10-11H,8-9,12H2,1-3H3,(H3,19,20,22). The van der Waals surface area contributed by atoms with Gasteiger partial charge in [-0.25, -0.2) is 9.98 Å². The van der Waals surface area contributed by atoms with E-state index in [0.29, 0.717) is 36.4 Å². The number of aliphatic imine (C=N–C) groups is 1. The molecule has 2 rings (SSSR count). The lowest BCUT2D eigenvalue weighted by Crippen LogP contribution is -2.33. The molecule has 1 aromatic carbocycles. The van der Waals surface area contributed by atoms with E-state index in [2.05, 4.69) is 15.3 Å². The number of ether oxygens (including phenoxy) is 3. The summed E-state index contributed by atoms with van der Waals surface area (Å²) in [6, 6.07) is 9.55. The van der Waals surface area contributed by atoms with Gasteiger partial charge >= 0.3 is 0 Å². The SMILES string of the molecule is COc1ccc(CN=C(N)NCCc2ccc(OC)c(OC)c2)cn1. The van der Waals surface area contributed by atoms with Crippen molar-refractivity contribution >= 4 is 5.96 Å². The Kier molecular flexibility index (Phi) is 6.88. The Labute approximate surface area is 147 Å². The fourth-order valence-electron chi connectivity index (χ4n) is 2.23. The Bertz CT molecular complexity index is 702. The molecule has 0 saturated carbocycles. The van der Waals surface area contributed by atoms with Crippen molar-refractivity contribution < 1.29 is 14.2 Å². The third-order valence-corrected chi connectivity index (χ3v) is 3.61. The molecule has 0 spiro atoms. The van der Waals surface area contributed by atoms with Crippen LogP contribution < -0.4 is 25.3 Å². The smallest absolute Gasteiger partial charge is 0.212 e. The van der Waals surface area contributed by atoms with E-state index in [1.54, 1.807) is 33.6 Å². The van der Waals surface area contributed by atoms with Crippen molar-refractivity contribution in [2.45, 2.75) is 13.0 Å². The van der Waals surface area contributed by atoms with E-state index in [-0.39, 0.29) is 0 Å². The average molecular weight is 344 g/mol. The molecule has 0 fully saturated rings. The first kappa shape index (κ1) is 18.4. The number of nitrogens with one attached hydrogen (secondary N) is 1. The predicted octanol–water partition coefficient (Wildman–Crippen LogP) is 1.75. The molecule has 3 N–H and O–H groups in total. The third kappa shape index (κ3) is 5.56. The van der Waals surface area contributed by atoms with E-state index in [4.69, 9.17) is 19.9 Å². The van der Waals surface area contributed by atoms with Crippen molar-refractivity contribution in [2.24, 2.45) is 10.7 Å². The van der Waals surface area contributed by atoms with Crippen molar-refractivity contribution in [1.82, 2.24) is 10.3 Å². The van der Waals surface area contributed by atoms with Crippen LogP contribution in [0.15, 0.2) is 41.5 Å². The molecule has 2 aromatic rings.